The zero-order chi connectivity index (χ0) is 22.2. The molecule has 160 valence electrons. The van der Waals surface area contributed by atoms with Crippen LogP contribution in [0.1, 0.15) is 21.5 Å². The molecule has 2 amide bonds. The van der Waals surface area contributed by atoms with E-state index >= 15 is 0 Å². The molecule has 1 N–H and O–H groups in total. The molecule has 0 atom stereocenters. The van der Waals surface area contributed by atoms with Crippen LogP contribution in [0.15, 0.2) is 72.8 Å². The van der Waals surface area contributed by atoms with E-state index in [1.165, 1.54) is 11.8 Å². The van der Waals surface area contributed by atoms with Crippen molar-refractivity contribution in [3.8, 4) is 0 Å². The first-order valence-corrected chi connectivity index (χ1v) is 11.5. The lowest BCUT2D eigenvalue weighted by Crippen LogP contribution is -2.27. The first-order chi connectivity index (χ1) is 14.9. The zero-order valence-electron chi connectivity index (χ0n) is 17.0. The van der Waals surface area contributed by atoms with E-state index in [0.717, 1.165) is 11.1 Å². The number of hydrogen-bond acceptors (Lipinski definition) is 3. The van der Waals surface area contributed by atoms with Gasteiger partial charge in [0, 0.05) is 19.3 Å². The summed E-state index contributed by atoms with van der Waals surface area (Å²) in [5.74, 6) is 0.562. The third-order valence-corrected chi connectivity index (χ3v) is 6.27. The summed E-state index contributed by atoms with van der Waals surface area (Å²) in [7, 11) is 1.75. The first kappa shape index (κ1) is 23.2. The predicted octanol–water partition coefficient (Wildman–Crippen LogP) is 6.14. The zero-order valence-corrected chi connectivity index (χ0v) is 19.3. The summed E-state index contributed by atoms with van der Waals surface area (Å²) in [6.45, 7) is 0.488. The van der Waals surface area contributed by atoms with Crippen molar-refractivity contribution in [1.82, 2.24) is 4.90 Å². The van der Waals surface area contributed by atoms with E-state index in [9.17, 15) is 9.59 Å². The first-order valence-electron chi connectivity index (χ1n) is 9.64. The Labute approximate surface area is 196 Å². The molecule has 0 fully saturated rings. The number of carbonyl (C=O) groups is 2. The Morgan fingerprint density at radius 1 is 0.903 bits per heavy atom. The van der Waals surface area contributed by atoms with Crippen LogP contribution in [-0.4, -0.2) is 29.5 Å². The highest BCUT2D eigenvalue weighted by Crippen LogP contribution is 2.25. The topological polar surface area (TPSA) is 49.4 Å². The minimum atomic E-state index is -0.170. The fourth-order valence-corrected chi connectivity index (χ4v) is 4.09. The van der Waals surface area contributed by atoms with Gasteiger partial charge in [-0.3, -0.25) is 9.59 Å². The number of halogens is 2. The summed E-state index contributed by atoms with van der Waals surface area (Å²) in [6.07, 6.45) is 0. The molecule has 0 saturated heterocycles. The number of benzene rings is 3. The van der Waals surface area contributed by atoms with Gasteiger partial charge in [-0.15, -0.1) is 11.8 Å². The van der Waals surface area contributed by atoms with Crippen molar-refractivity contribution in [1.29, 1.82) is 0 Å². The smallest absolute Gasteiger partial charge is 0.256 e. The SMILES string of the molecule is CN(Cc1ccccc1)C(=O)c1ccccc1NC(=O)CSCc1ccc(Cl)c(Cl)c1. The Balaban J connectivity index is 1.58. The van der Waals surface area contributed by atoms with Crippen molar-refractivity contribution in [3.05, 3.63) is 99.5 Å². The molecule has 4 nitrogen and oxygen atoms in total. The Morgan fingerprint density at radius 3 is 2.35 bits per heavy atom. The van der Waals surface area contributed by atoms with Crippen LogP contribution in [0.25, 0.3) is 0 Å². The van der Waals surface area contributed by atoms with E-state index in [1.54, 1.807) is 48.3 Å². The van der Waals surface area contributed by atoms with E-state index in [0.29, 0.717) is 33.6 Å². The molecule has 0 aromatic heterocycles. The average molecular weight is 473 g/mol. The van der Waals surface area contributed by atoms with Crippen LogP contribution in [0.2, 0.25) is 10.0 Å². The minimum Gasteiger partial charge on any atom is -0.337 e. The third kappa shape index (κ3) is 6.76. The number of nitrogens with one attached hydrogen (secondary N) is 1. The molecule has 7 heteroatoms. The van der Waals surface area contributed by atoms with Crippen LogP contribution in [0.3, 0.4) is 0 Å². The maximum atomic E-state index is 13.0. The van der Waals surface area contributed by atoms with Crippen molar-refractivity contribution >= 4 is 52.5 Å². The lowest BCUT2D eigenvalue weighted by Gasteiger charge is -2.19. The highest BCUT2D eigenvalue weighted by atomic mass is 35.5. The fraction of sp³-hybridized carbons (Fsp3) is 0.167. The molecule has 0 bridgehead atoms. The molecular weight excluding hydrogens is 451 g/mol. The highest BCUT2D eigenvalue weighted by Gasteiger charge is 2.17. The summed E-state index contributed by atoms with van der Waals surface area (Å²) in [5, 5.41) is 3.87. The van der Waals surface area contributed by atoms with Gasteiger partial charge in [0.2, 0.25) is 5.91 Å². The number of rotatable bonds is 8. The van der Waals surface area contributed by atoms with Crippen LogP contribution in [0.5, 0.6) is 0 Å². The number of hydrogen-bond donors (Lipinski definition) is 1. The van der Waals surface area contributed by atoms with Crippen molar-refractivity contribution in [2.75, 3.05) is 18.1 Å². The standard InChI is InChI=1S/C24H22Cl2N2O2S/c1-28(14-17-7-3-2-4-8-17)24(30)19-9-5-6-10-22(19)27-23(29)16-31-15-18-11-12-20(25)21(26)13-18/h2-13H,14-16H2,1H3,(H,27,29). The van der Waals surface area contributed by atoms with Gasteiger partial charge in [0.05, 0.1) is 27.0 Å². The lowest BCUT2D eigenvalue weighted by molar-refractivity contribution is -0.113. The monoisotopic (exact) mass is 472 g/mol. The summed E-state index contributed by atoms with van der Waals surface area (Å²) in [5.41, 5.74) is 3.00. The molecule has 0 aliphatic heterocycles. The molecular formula is C24H22Cl2N2O2S. The molecule has 0 saturated carbocycles. The molecule has 0 spiro atoms. The maximum Gasteiger partial charge on any atom is 0.256 e. The summed E-state index contributed by atoms with van der Waals surface area (Å²) < 4.78 is 0. The summed E-state index contributed by atoms with van der Waals surface area (Å²) in [6, 6.07) is 22.3. The molecule has 0 radical (unpaired) electrons. The number of thioether (sulfide) groups is 1. The quantitative estimate of drug-likeness (QED) is 0.428. The van der Waals surface area contributed by atoms with Gasteiger partial charge in [-0.05, 0) is 35.4 Å². The van der Waals surface area contributed by atoms with Crippen molar-refractivity contribution in [3.63, 3.8) is 0 Å². The van der Waals surface area contributed by atoms with Gasteiger partial charge >= 0.3 is 0 Å². The Bertz CT molecular complexity index is 1060. The Morgan fingerprint density at radius 2 is 1.61 bits per heavy atom. The minimum absolute atomic E-state index is 0.150. The van der Waals surface area contributed by atoms with Gasteiger partial charge in [0.15, 0.2) is 0 Å². The molecule has 3 aromatic rings. The van der Waals surface area contributed by atoms with E-state index < -0.39 is 0 Å². The molecule has 0 aliphatic carbocycles. The van der Waals surface area contributed by atoms with Gasteiger partial charge < -0.3 is 10.2 Å². The van der Waals surface area contributed by atoms with Crippen molar-refractivity contribution in [2.24, 2.45) is 0 Å². The second kappa shape index (κ2) is 11.2. The molecule has 0 unspecified atom stereocenters. The Hall–Kier alpha value is -2.47. The van der Waals surface area contributed by atoms with E-state index in [2.05, 4.69) is 5.32 Å². The van der Waals surface area contributed by atoms with E-state index in [-0.39, 0.29) is 17.6 Å². The van der Waals surface area contributed by atoms with Gasteiger partial charge in [0.1, 0.15) is 0 Å². The normalized spacial score (nSPS) is 10.5. The molecule has 0 aliphatic rings. The van der Waals surface area contributed by atoms with Crippen LogP contribution in [0, 0.1) is 0 Å². The van der Waals surface area contributed by atoms with Gasteiger partial charge in [-0.1, -0.05) is 71.7 Å². The fourth-order valence-electron chi connectivity index (χ4n) is 2.99. The predicted molar refractivity (Wildman–Crippen MR) is 130 cm³/mol. The largest absolute Gasteiger partial charge is 0.337 e. The highest BCUT2D eigenvalue weighted by molar-refractivity contribution is 7.99. The number of para-hydroxylation sites is 1. The van der Waals surface area contributed by atoms with Crippen LogP contribution < -0.4 is 5.32 Å². The summed E-state index contributed by atoms with van der Waals surface area (Å²) in [4.78, 5) is 27.0. The van der Waals surface area contributed by atoms with Crippen molar-refractivity contribution in [2.45, 2.75) is 12.3 Å². The second-order valence-corrected chi connectivity index (χ2v) is 8.78. The molecule has 3 rings (SSSR count). The van der Waals surface area contributed by atoms with Crippen molar-refractivity contribution < 1.29 is 9.59 Å². The molecule has 3 aromatic carbocycles. The number of anilines is 1. The maximum absolute atomic E-state index is 13.0. The van der Waals surface area contributed by atoms with Gasteiger partial charge in [-0.2, -0.15) is 0 Å². The van der Waals surface area contributed by atoms with E-state index in [1.807, 2.05) is 36.4 Å². The Kier molecular flexibility index (Phi) is 8.41. The average Bonchev–Trinajstić information content (AvgIpc) is 2.77. The number of carbonyl (C=O) groups excluding carboxylic acids is 2. The van der Waals surface area contributed by atoms with Crippen LogP contribution in [-0.2, 0) is 17.1 Å². The second-order valence-electron chi connectivity index (χ2n) is 6.98. The van der Waals surface area contributed by atoms with Gasteiger partial charge in [-0.25, -0.2) is 0 Å². The van der Waals surface area contributed by atoms with Gasteiger partial charge in [0.25, 0.3) is 5.91 Å². The summed E-state index contributed by atoms with van der Waals surface area (Å²) >= 11 is 13.4. The third-order valence-electron chi connectivity index (χ3n) is 4.53. The van der Waals surface area contributed by atoms with E-state index in [4.69, 9.17) is 23.2 Å². The lowest BCUT2D eigenvalue weighted by atomic mass is 10.1. The molecule has 31 heavy (non-hydrogen) atoms. The number of nitrogens with zero attached hydrogens (tertiary/aromatic N) is 1. The van der Waals surface area contributed by atoms with Crippen LogP contribution >= 0.6 is 35.0 Å². The number of amides is 2. The van der Waals surface area contributed by atoms with Crippen LogP contribution in [0.4, 0.5) is 5.69 Å². The molecule has 0 heterocycles.